The van der Waals surface area contributed by atoms with Crippen LogP contribution in [0, 0.1) is 11.8 Å². The summed E-state index contributed by atoms with van der Waals surface area (Å²) < 4.78 is 32.0. The fourth-order valence-corrected chi connectivity index (χ4v) is 4.58. The molecular formula is C17H25ClN2O4S. The summed E-state index contributed by atoms with van der Waals surface area (Å²) in [5, 5.41) is 3.17. The standard InChI is InChI=1S/C17H25ClN2O4S/c1-12(2)11-19-17(21)13-6-8-20(9-7-13)25(22,23)14-4-5-16(24-3)15(18)10-14/h4-5,10,12-13H,6-9,11H2,1-3H3,(H,19,21). The highest BCUT2D eigenvalue weighted by atomic mass is 35.5. The molecule has 0 atom stereocenters. The zero-order valence-corrected chi connectivity index (χ0v) is 16.4. The summed E-state index contributed by atoms with van der Waals surface area (Å²) in [5.41, 5.74) is 0. The van der Waals surface area contributed by atoms with Gasteiger partial charge in [-0.2, -0.15) is 4.31 Å². The molecule has 0 aliphatic carbocycles. The SMILES string of the molecule is COc1ccc(S(=O)(=O)N2CCC(C(=O)NCC(C)C)CC2)cc1Cl. The molecule has 6 nitrogen and oxygen atoms in total. The zero-order valence-electron chi connectivity index (χ0n) is 14.8. The average molecular weight is 389 g/mol. The molecule has 0 spiro atoms. The number of methoxy groups -OCH3 is 1. The summed E-state index contributed by atoms with van der Waals surface area (Å²) >= 11 is 6.04. The number of carbonyl (C=O) groups is 1. The normalized spacial score (nSPS) is 16.8. The van der Waals surface area contributed by atoms with E-state index in [4.69, 9.17) is 16.3 Å². The number of rotatable bonds is 6. The van der Waals surface area contributed by atoms with Crippen molar-refractivity contribution in [1.82, 2.24) is 9.62 Å². The van der Waals surface area contributed by atoms with Crippen LogP contribution >= 0.6 is 11.6 Å². The molecule has 2 rings (SSSR count). The predicted molar refractivity (Wildman–Crippen MR) is 97.3 cm³/mol. The number of nitrogens with zero attached hydrogens (tertiary/aromatic N) is 1. The molecule has 1 fully saturated rings. The Morgan fingerprint density at radius 1 is 1.36 bits per heavy atom. The molecule has 1 saturated heterocycles. The first-order valence-electron chi connectivity index (χ1n) is 8.37. The van der Waals surface area contributed by atoms with Crippen LogP contribution in [0.15, 0.2) is 23.1 Å². The lowest BCUT2D eigenvalue weighted by atomic mass is 9.97. The van der Waals surface area contributed by atoms with Crippen LogP contribution in [0.1, 0.15) is 26.7 Å². The Bertz CT molecular complexity index is 713. The summed E-state index contributed by atoms with van der Waals surface area (Å²) in [6.45, 7) is 5.37. The Morgan fingerprint density at radius 2 is 2.00 bits per heavy atom. The van der Waals surface area contributed by atoms with Crippen LogP contribution in [0.3, 0.4) is 0 Å². The number of hydrogen-bond acceptors (Lipinski definition) is 4. The summed E-state index contributed by atoms with van der Waals surface area (Å²) in [6, 6.07) is 4.43. The van der Waals surface area contributed by atoms with Crippen LogP contribution < -0.4 is 10.1 Å². The molecule has 0 bridgehead atoms. The van der Waals surface area contributed by atoms with E-state index in [0.717, 1.165) is 0 Å². The monoisotopic (exact) mass is 388 g/mol. The Balaban J connectivity index is 2.01. The van der Waals surface area contributed by atoms with E-state index in [1.807, 2.05) is 13.8 Å². The molecule has 0 unspecified atom stereocenters. The van der Waals surface area contributed by atoms with Gasteiger partial charge in [0.25, 0.3) is 0 Å². The first-order valence-corrected chi connectivity index (χ1v) is 10.2. The van der Waals surface area contributed by atoms with E-state index in [1.165, 1.54) is 23.5 Å². The highest BCUT2D eigenvalue weighted by Crippen LogP contribution is 2.30. The number of amides is 1. The van der Waals surface area contributed by atoms with Gasteiger partial charge in [0.2, 0.25) is 15.9 Å². The third kappa shape index (κ3) is 4.86. The molecule has 8 heteroatoms. The van der Waals surface area contributed by atoms with E-state index in [9.17, 15) is 13.2 Å². The number of benzene rings is 1. The van der Waals surface area contributed by atoms with Crippen LogP contribution in [-0.4, -0.2) is 45.4 Å². The van der Waals surface area contributed by atoms with Crippen LogP contribution in [0.25, 0.3) is 0 Å². The number of ether oxygens (including phenoxy) is 1. The average Bonchev–Trinajstić information content (AvgIpc) is 2.59. The van der Waals surface area contributed by atoms with Crippen molar-refractivity contribution in [2.45, 2.75) is 31.6 Å². The molecule has 1 aliphatic rings. The molecule has 1 aromatic carbocycles. The van der Waals surface area contributed by atoms with Gasteiger partial charge < -0.3 is 10.1 Å². The van der Waals surface area contributed by atoms with Crippen molar-refractivity contribution in [3.05, 3.63) is 23.2 Å². The second-order valence-electron chi connectivity index (χ2n) is 6.61. The molecule has 1 N–H and O–H groups in total. The lowest BCUT2D eigenvalue weighted by Gasteiger charge is -2.30. The van der Waals surface area contributed by atoms with E-state index in [2.05, 4.69) is 5.32 Å². The van der Waals surface area contributed by atoms with Crippen molar-refractivity contribution in [3.8, 4) is 5.75 Å². The molecular weight excluding hydrogens is 364 g/mol. The molecule has 140 valence electrons. The highest BCUT2D eigenvalue weighted by molar-refractivity contribution is 7.89. The number of piperidine rings is 1. The predicted octanol–water partition coefficient (Wildman–Crippen LogP) is 2.52. The molecule has 1 aliphatic heterocycles. The minimum Gasteiger partial charge on any atom is -0.495 e. The van der Waals surface area contributed by atoms with Gasteiger partial charge in [-0.05, 0) is 37.0 Å². The van der Waals surface area contributed by atoms with Crippen molar-refractivity contribution < 1.29 is 17.9 Å². The quantitative estimate of drug-likeness (QED) is 0.812. The van der Waals surface area contributed by atoms with E-state index < -0.39 is 10.0 Å². The van der Waals surface area contributed by atoms with E-state index in [1.54, 1.807) is 6.07 Å². The maximum Gasteiger partial charge on any atom is 0.243 e. The second-order valence-corrected chi connectivity index (χ2v) is 8.96. The van der Waals surface area contributed by atoms with Gasteiger partial charge in [-0.3, -0.25) is 4.79 Å². The minimum absolute atomic E-state index is 0.0123. The molecule has 0 radical (unpaired) electrons. The Kier molecular flexibility index (Phi) is 6.71. The van der Waals surface area contributed by atoms with Gasteiger partial charge in [-0.1, -0.05) is 25.4 Å². The second kappa shape index (κ2) is 8.38. The smallest absolute Gasteiger partial charge is 0.243 e. The number of hydrogen-bond donors (Lipinski definition) is 1. The van der Waals surface area contributed by atoms with Crippen LogP contribution in [0.5, 0.6) is 5.75 Å². The summed E-state index contributed by atoms with van der Waals surface area (Å²) in [7, 11) is -2.15. The van der Waals surface area contributed by atoms with Gasteiger partial charge >= 0.3 is 0 Å². The maximum atomic E-state index is 12.8. The third-order valence-corrected chi connectivity index (χ3v) is 6.46. The van der Waals surface area contributed by atoms with Crippen molar-refractivity contribution in [2.24, 2.45) is 11.8 Å². The molecule has 0 saturated carbocycles. The molecule has 1 amide bonds. The van der Waals surface area contributed by atoms with Crippen LogP contribution in [-0.2, 0) is 14.8 Å². The Morgan fingerprint density at radius 3 is 2.52 bits per heavy atom. The van der Waals surface area contributed by atoms with Gasteiger partial charge in [-0.15, -0.1) is 0 Å². The van der Waals surface area contributed by atoms with Crippen molar-refractivity contribution >= 4 is 27.5 Å². The van der Waals surface area contributed by atoms with Crippen molar-refractivity contribution in [2.75, 3.05) is 26.7 Å². The molecule has 1 heterocycles. The Hall–Kier alpha value is -1.31. The van der Waals surface area contributed by atoms with Gasteiger partial charge in [0.1, 0.15) is 5.75 Å². The van der Waals surface area contributed by atoms with Gasteiger partial charge in [-0.25, -0.2) is 8.42 Å². The number of halogens is 1. The van der Waals surface area contributed by atoms with Crippen molar-refractivity contribution in [3.63, 3.8) is 0 Å². The van der Waals surface area contributed by atoms with Crippen LogP contribution in [0.4, 0.5) is 0 Å². The molecule has 25 heavy (non-hydrogen) atoms. The van der Waals surface area contributed by atoms with Gasteiger partial charge in [0, 0.05) is 25.6 Å². The number of sulfonamides is 1. The summed E-state index contributed by atoms with van der Waals surface area (Å²) in [5.74, 6) is 0.702. The van der Waals surface area contributed by atoms with E-state index in [-0.39, 0.29) is 21.7 Å². The first-order chi connectivity index (χ1) is 11.8. The van der Waals surface area contributed by atoms with Crippen LogP contribution in [0.2, 0.25) is 5.02 Å². The zero-order chi connectivity index (χ0) is 18.6. The van der Waals surface area contributed by atoms with Gasteiger partial charge in [0.05, 0.1) is 17.0 Å². The fraction of sp³-hybridized carbons (Fsp3) is 0.588. The first kappa shape index (κ1) is 20.0. The fourth-order valence-electron chi connectivity index (χ4n) is 2.76. The minimum atomic E-state index is -3.62. The van der Waals surface area contributed by atoms with Crippen molar-refractivity contribution in [1.29, 1.82) is 0 Å². The number of nitrogens with one attached hydrogen (secondary N) is 1. The highest BCUT2D eigenvalue weighted by Gasteiger charge is 2.32. The molecule has 0 aromatic heterocycles. The summed E-state index contributed by atoms with van der Waals surface area (Å²) in [6.07, 6.45) is 1.04. The van der Waals surface area contributed by atoms with E-state index >= 15 is 0 Å². The third-order valence-electron chi connectivity index (χ3n) is 4.27. The molecule has 1 aromatic rings. The summed E-state index contributed by atoms with van der Waals surface area (Å²) in [4.78, 5) is 12.3. The van der Waals surface area contributed by atoms with E-state index in [0.29, 0.717) is 44.1 Å². The maximum absolute atomic E-state index is 12.8. The van der Waals surface area contributed by atoms with Gasteiger partial charge in [0.15, 0.2) is 0 Å². The Labute approximate surface area is 154 Å². The largest absolute Gasteiger partial charge is 0.495 e. The number of carbonyl (C=O) groups excluding carboxylic acids is 1. The lowest BCUT2D eigenvalue weighted by Crippen LogP contribution is -2.43. The lowest BCUT2D eigenvalue weighted by molar-refractivity contribution is -0.126. The topological polar surface area (TPSA) is 75.7 Å².